The van der Waals surface area contributed by atoms with Crippen molar-refractivity contribution in [3.8, 4) is 11.1 Å². The number of amides is 1. The summed E-state index contributed by atoms with van der Waals surface area (Å²) in [6, 6.07) is 12.4. The van der Waals surface area contributed by atoms with Crippen molar-refractivity contribution in [2.45, 2.75) is 38.8 Å². The minimum atomic E-state index is -0.491. The molecule has 6 heteroatoms. The summed E-state index contributed by atoms with van der Waals surface area (Å²) in [5.41, 5.74) is 16.0. The number of rotatable bonds is 4. The van der Waals surface area contributed by atoms with Crippen molar-refractivity contribution >= 4 is 17.1 Å². The number of primary amides is 1. The topological polar surface area (TPSA) is 98.4 Å². The van der Waals surface area contributed by atoms with Gasteiger partial charge < -0.3 is 16.8 Å². The maximum atomic E-state index is 12.0. The maximum absolute atomic E-state index is 12.0. The summed E-state index contributed by atoms with van der Waals surface area (Å²) in [6.07, 6.45) is 5.40. The van der Waals surface area contributed by atoms with E-state index in [0.29, 0.717) is 5.56 Å². The molecule has 5 N–H and O–H groups in total. The Labute approximate surface area is 158 Å². The summed E-state index contributed by atoms with van der Waals surface area (Å²) in [6.45, 7) is 4.33. The van der Waals surface area contributed by atoms with Gasteiger partial charge in [0.2, 0.25) is 0 Å². The second-order valence-corrected chi connectivity index (χ2v) is 7.92. The number of nitrogens with zero attached hydrogens (tertiary/aromatic N) is 2. The summed E-state index contributed by atoms with van der Waals surface area (Å²) in [5.74, 6) is -0.491. The third-order valence-corrected chi connectivity index (χ3v) is 5.95. The number of nitrogens with one attached hydrogen (secondary N) is 1. The van der Waals surface area contributed by atoms with E-state index in [0.717, 1.165) is 35.2 Å². The molecule has 0 aliphatic heterocycles. The van der Waals surface area contributed by atoms with Crippen LogP contribution in [-0.2, 0) is 0 Å². The van der Waals surface area contributed by atoms with Gasteiger partial charge in [-0.2, -0.15) is 5.10 Å². The van der Waals surface area contributed by atoms with Crippen LogP contribution in [0.4, 0.5) is 5.69 Å². The SMILES string of the molecule is CC1(C)[C@H](N)CC[C@@H]1Nc1c(C(N)=O)cnn2cc(-c3ccccc3)cc12. The number of hydrogen-bond acceptors (Lipinski definition) is 4. The van der Waals surface area contributed by atoms with Crippen molar-refractivity contribution in [2.75, 3.05) is 5.32 Å². The first-order chi connectivity index (χ1) is 12.9. The summed E-state index contributed by atoms with van der Waals surface area (Å²) in [5, 5.41) is 7.96. The van der Waals surface area contributed by atoms with Crippen LogP contribution in [0.2, 0.25) is 0 Å². The van der Waals surface area contributed by atoms with Crippen LogP contribution in [0.25, 0.3) is 16.6 Å². The first-order valence-electron chi connectivity index (χ1n) is 9.26. The first kappa shape index (κ1) is 17.5. The Hall–Kier alpha value is -2.86. The van der Waals surface area contributed by atoms with E-state index >= 15 is 0 Å². The quantitative estimate of drug-likeness (QED) is 0.663. The molecule has 1 saturated carbocycles. The molecule has 0 spiro atoms. The molecule has 2 atom stereocenters. The van der Waals surface area contributed by atoms with Crippen LogP contribution in [0.5, 0.6) is 0 Å². The van der Waals surface area contributed by atoms with Crippen LogP contribution in [0.3, 0.4) is 0 Å². The number of aromatic nitrogens is 2. The van der Waals surface area contributed by atoms with Crippen LogP contribution in [0.15, 0.2) is 48.8 Å². The fourth-order valence-electron chi connectivity index (χ4n) is 3.96. The molecule has 140 valence electrons. The Bertz CT molecular complexity index is 992. The lowest BCUT2D eigenvalue weighted by Crippen LogP contribution is -2.42. The zero-order valence-corrected chi connectivity index (χ0v) is 15.6. The largest absolute Gasteiger partial charge is 0.379 e. The van der Waals surface area contributed by atoms with E-state index < -0.39 is 5.91 Å². The average Bonchev–Trinajstić information content (AvgIpc) is 3.19. The third kappa shape index (κ3) is 2.96. The van der Waals surface area contributed by atoms with Gasteiger partial charge in [0, 0.05) is 23.8 Å². The number of anilines is 1. The molecule has 1 aliphatic carbocycles. The molecular weight excluding hydrogens is 338 g/mol. The number of carbonyl (C=O) groups is 1. The Morgan fingerprint density at radius 3 is 2.59 bits per heavy atom. The molecule has 3 aromatic rings. The summed E-state index contributed by atoms with van der Waals surface area (Å²) < 4.78 is 1.79. The van der Waals surface area contributed by atoms with Crippen molar-refractivity contribution < 1.29 is 4.79 Å². The highest BCUT2D eigenvalue weighted by Crippen LogP contribution is 2.40. The summed E-state index contributed by atoms with van der Waals surface area (Å²) in [4.78, 5) is 12.0. The molecule has 6 nitrogen and oxygen atoms in total. The molecule has 0 unspecified atom stereocenters. The Balaban J connectivity index is 1.83. The van der Waals surface area contributed by atoms with E-state index in [4.69, 9.17) is 11.5 Å². The monoisotopic (exact) mass is 363 g/mol. The highest BCUT2D eigenvalue weighted by Gasteiger charge is 2.41. The van der Waals surface area contributed by atoms with E-state index in [1.54, 1.807) is 4.52 Å². The van der Waals surface area contributed by atoms with Gasteiger partial charge in [0.05, 0.1) is 23.0 Å². The van der Waals surface area contributed by atoms with Crippen molar-refractivity contribution in [1.82, 2.24) is 9.61 Å². The van der Waals surface area contributed by atoms with Gasteiger partial charge in [0.1, 0.15) is 0 Å². The minimum Gasteiger partial charge on any atom is -0.379 e. The Morgan fingerprint density at radius 1 is 1.22 bits per heavy atom. The predicted molar refractivity (Wildman–Crippen MR) is 108 cm³/mol. The Morgan fingerprint density at radius 2 is 1.96 bits per heavy atom. The molecule has 0 bridgehead atoms. The molecule has 0 saturated heterocycles. The second-order valence-electron chi connectivity index (χ2n) is 7.92. The van der Waals surface area contributed by atoms with Crippen molar-refractivity contribution in [1.29, 1.82) is 0 Å². The molecule has 1 aliphatic rings. The molecule has 2 heterocycles. The van der Waals surface area contributed by atoms with Crippen molar-refractivity contribution in [3.63, 3.8) is 0 Å². The lowest BCUT2D eigenvalue weighted by atomic mass is 9.84. The zero-order valence-electron chi connectivity index (χ0n) is 15.6. The van der Waals surface area contributed by atoms with Gasteiger partial charge in [0.15, 0.2) is 0 Å². The van der Waals surface area contributed by atoms with E-state index in [1.165, 1.54) is 6.20 Å². The van der Waals surface area contributed by atoms with Gasteiger partial charge in [-0.3, -0.25) is 4.79 Å². The molecule has 2 aromatic heterocycles. The van der Waals surface area contributed by atoms with E-state index in [2.05, 4.69) is 36.4 Å². The minimum absolute atomic E-state index is 0.0793. The molecule has 27 heavy (non-hydrogen) atoms. The zero-order chi connectivity index (χ0) is 19.2. The van der Waals surface area contributed by atoms with E-state index in [1.807, 2.05) is 30.5 Å². The molecule has 1 amide bonds. The molecule has 0 radical (unpaired) electrons. The lowest BCUT2D eigenvalue weighted by Gasteiger charge is -2.32. The van der Waals surface area contributed by atoms with Gasteiger partial charge in [-0.25, -0.2) is 4.52 Å². The van der Waals surface area contributed by atoms with Crippen LogP contribution in [0.1, 0.15) is 37.0 Å². The summed E-state index contributed by atoms with van der Waals surface area (Å²) in [7, 11) is 0. The van der Waals surface area contributed by atoms with Crippen LogP contribution < -0.4 is 16.8 Å². The Kier molecular flexibility index (Phi) is 4.15. The highest BCUT2D eigenvalue weighted by atomic mass is 16.1. The fourth-order valence-corrected chi connectivity index (χ4v) is 3.96. The van der Waals surface area contributed by atoms with Gasteiger partial charge in [-0.15, -0.1) is 0 Å². The van der Waals surface area contributed by atoms with Crippen molar-refractivity contribution in [3.05, 3.63) is 54.4 Å². The van der Waals surface area contributed by atoms with Gasteiger partial charge in [-0.1, -0.05) is 44.2 Å². The standard InChI is InChI=1S/C21H25N5O/c1-21(2)17(22)8-9-18(21)25-19-15(20(23)27)11-24-26-12-14(10-16(19)26)13-6-4-3-5-7-13/h3-7,10-12,17-18,25H,8-9,22H2,1-2H3,(H2,23,27)/t17-,18+/m1/s1. The number of carbonyl (C=O) groups excluding carboxylic acids is 1. The first-order valence-corrected chi connectivity index (χ1v) is 9.26. The molecule has 4 rings (SSSR count). The number of nitrogens with two attached hydrogens (primary N) is 2. The average molecular weight is 363 g/mol. The lowest BCUT2D eigenvalue weighted by molar-refractivity contribution is 0.100. The van der Waals surface area contributed by atoms with Crippen LogP contribution >= 0.6 is 0 Å². The van der Waals surface area contributed by atoms with Gasteiger partial charge in [-0.05, 0) is 29.9 Å². The van der Waals surface area contributed by atoms with Crippen molar-refractivity contribution in [2.24, 2.45) is 16.9 Å². The smallest absolute Gasteiger partial charge is 0.252 e. The molecule has 1 aromatic carbocycles. The molecular formula is C21H25N5O. The maximum Gasteiger partial charge on any atom is 0.252 e. The normalized spacial score (nSPS) is 21.4. The number of hydrogen-bond donors (Lipinski definition) is 3. The van der Waals surface area contributed by atoms with Crippen LogP contribution in [-0.4, -0.2) is 27.6 Å². The summed E-state index contributed by atoms with van der Waals surface area (Å²) >= 11 is 0. The number of benzene rings is 1. The predicted octanol–water partition coefficient (Wildman–Crippen LogP) is 3.03. The van der Waals surface area contributed by atoms with Gasteiger partial charge >= 0.3 is 0 Å². The highest BCUT2D eigenvalue weighted by molar-refractivity contribution is 6.02. The fraction of sp³-hybridized carbons (Fsp3) is 0.333. The van der Waals surface area contributed by atoms with Crippen LogP contribution in [0, 0.1) is 5.41 Å². The number of fused-ring (bicyclic) bond motifs is 1. The third-order valence-electron chi connectivity index (χ3n) is 5.95. The second kappa shape index (κ2) is 6.39. The molecule has 1 fully saturated rings. The van der Waals surface area contributed by atoms with Gasteiger partial charge in [0.25, 0.3) is 5.91 Å². The van der Waals surface area contributed by atoms with E-state index in [-0.39, 0.29) is 17.5 Å². The van der Waals surface area contributed by atoms with E-state index in [9.17, 15) is 4.79 Å².